The molecule has 5 heteroatoms. The molecule has 0 spiro atoms. The smallest absolute Gasteiger partial charge is 0.111 e. The molecule has 4 rings (SSSR count). The van der Waals surface area contributed by atoms with E-state index in [0.29, 0.717) is 0 Å². The third-order valence-corrected chi connectivity index (χ3v) is 4.80. The molecule has 0 unspecified atom stereocenters. The summed E-state index contributed by atoms with van der Waals surface area (Å²) in [6, 6.07) is 10.5. The first-order chi connectivity index (χ1) is 10.7. The first-order valence-electron chi connectivity index (χ1n) is 7.17. The molecule has 0 aliphatic heterocycles. The summed E-state index contributed by atoms with van der Waals surface area (Å²) in [4.78, 5) is 4.74. The third-order valence-electron chi connectivity index (χ3n) is 3.95. The summed E-state index contributed by atoms with van der Waals surface area (Å²) >= 11 is 1.72. The first kappa shape index (κ1) is 13.3. The van der Waals surface area contributed by atoms with Crippen LogP contribution in [0.4, 0.5) is 0 Å². The zero-order chi connectivity index (χ0) is 15.3. The maximum Gasteiger partial charge on any atom is 0.111 e. The molecule has 0 bridgehead atoms. The van der Waals surface area contributed by atoms with E-state index in [1.807, 2.05) is 17.9 Å². The minimum absolute atomic E-state index is 1.00. The fourth-order valence-electron chi connectivity index (χ4n) is 3.03. The molecule has 1 aromatic carbocycles. The molecule has 0 aliphatic rings. The molecule has 110 valence electrons. The van der Waals surface area contributed by atoms with Gasteiger partial charge in [0.25, 0.3) is 0 Å². The summed E-state index contributed by atoms with van der Waals surface area (Å²) in [6.07, 6.45) is 1.91. The summed E-state index contributed by atoms with van der Waals surface area (Å²) in [5.41, 5.74) is 5.65. The van der Waals surface area contributed by atoms with Crippen LogP contribution in [0.1, 0.15) is 11.4 Å². The van der Waals surface area contributed by atoms with Crippen molar-refractivity contribution in [1.82, 2.24) is 19.3 Å². The topological polar surface area (TPSA) is 35.6 Å². The van der Waals surface area contributed by atoms with Crippen LogP contribution in [0.15, 0.2) is 41.9 Å². The van der Waals surface area contributed by atoms with Crippen molar-refractivity contribution in [3.8, 4) is 16.3 Å². The van der Waals surface area contributed by atoms with Crippen molar-refractivity contribution >= 4 is 22.4 Å². The van der Waals surface area contributed by atoms with Gasteiger partial charge in [0.1, 0.15) is 10.8 Å². The second kappa shape index (κ2) is 4.81. The average Bonchev–Trinajstić information content (AvgIpc) is 3.18. The van der Waals surface area contributed by atoms with Gasteiger partial charge in [0.2, 0.25) is 0 Å². The van der Waals surface area contributed by atoms with Crippen molar-refractivity contribution in [1.29, 1.82) is 0 Å². The van der Waals surface area contributed by atoms with Crippen LogP contribution >= 0.6 is 11.3 Å². The Kier molecular flexibility index (Phi) is 2.90. The van der Waals surface area contributed by atoms with Crippen LogP contribution < -0.4 is 0 Å². The Balaban J connectivity index is 2.13. The summed E-state index contributed by atoms with van der Waals surface area (Å²) in [6.45, 7) is 4.15. The second-order valence-corrected chi connectivity index (χ2v) is 6.34. The minimum atomic E-state index is 1.00. The largest absolute Gasteiger partial charge is 0.287 e. The maximum absolute atomic E-state index is 4.74. The number of aromatic nitrogens is 4. The first-order valence-corrected chi connectivity index (χ1v) is 8.05. The van der Waals surface area contributed by atoms with Crippen LogP contribution in [-0.2, 0) is 7.05 Å². The molecular weight excluding hydrogens is 292 g/mol. The van der Waals surface area contributed by atoms with Gasteiger partial charge in [0, 0.05) is 12.6 Å². The van der Waals surface area contributed by atoms with Crippen molar-refractivity contribution in [3.63, 3.8) is 0 Å². The lowest BCUT2D eigenvalue weighted by atomic mass is 10.1. The van der Waals surface area contributed by atoms with Crippen LogP contribution in [-0.4, -0.2) is 19.3 Å². The van der Waals surface area contributed by atoms with Gasteiger partial charge in [-0.2, -0.15) is 5.10 Å². The van der Waals surface area contributed by atoms with Crippen molar-refractivity contribution in [2.24, 2.45) is 7.05 Å². The molecule has 0 radical (unpaired) electrons. The Bertz CT molecular complexity index is 941. The van der Waals surface area contributed by atoms with Crippen LogP contribution in [0, 0.1) is 13.8 Å². The van der Waals surface area contributed by atoms with Crippen LogP contribution in [0.2, 0.25) is 0 Å². The van der Waals surface area contributed by atoms with Gasteiger partial charge in [-0.3, -0.25) is 9.25 Å². The quantitative estimate of drug-likeness (QED) is 0.559. The SMILES string of the molecule is Cc1cnn(C)c1-c1cccc2nc(C)n(-c3cccs3)c12. The summed E-state index contributed by atoms with van der Waals surface area (Å²) < 4.78 is 4.17. The van der Waals surface area contributed by atoms with Gasteiger partial charge in [0.05, 0.1) is 22.9 Å². The van der Waals surface area contributed by atoms with Crippen LogP contribution in [0.3, 0.4) is 0 Å². The van der Waals surface area contributed by atoms with E-state index in [-0.39, 0.29) is 0 Å². The number of thiophene rings is 1. The zero-order valence-electron chi connectivity index (χ0n) is 12.7. The third kappa shape index (κ3) is 1.82. The normalized spacial score (nSPS) is 11.4. The van der Waals surface area contributed by atoms with E-state index in [1.54, 1.807) is 11.3 Å². The monoisotopic (exact) mass is 308 g/mol. The van der Waals surface area contributed by atoms with Crippen molar-refractivity contribution < 1.29 is 0 Å². The molecule has 0 aliphatic carbocycles. The highest BCUT2D eigenvalue weighted by atomic mass is 32.1. The highest BCUT2D eigenvalue weighted by Crippen LogP contribution is 2.33. The molecule has 0 atom stereocenters. The van der Waals surface area contributed by atoms with E-state index >= 15 is 0 Å². The lowest BCUT2D eigenvalue weighted by Gasteiger charge is -2.10. The van der Waals surface area contributed by atoms with Crippen molar-refractivity contribution in [2.45, 2.75) is 13.8 Å². The van der Waals surface area contributed by atoms with Gasteiger partial charge < -0.3 is 0 Å². The van der Waals surface area contributed by atoms with Gasteiger partial charge in [0.15, 0.2) is 0 Å². The second-order valence-electron chi connectivity index (χ2n) is 5.42. The molecule has 3 aromatic heterocycles. The predicted molar refractivity (Wildman–Crippen MR) is 90.6 cm³/mol. The van der Waals surface area contributed by atoms with Crippen molar-refractivity contribution in [3.05, 3.63) is 53.3 Å². The summed E-state index contributed by atoms with van der Waals surface area (Å²) in [5, 5.41) is 7.67. The van der Waals surface area contributed by atoms with Crippen LogP contribution in [0.25, 0.3) is 27.3 Å². The lowest BCUT2D eigenvalue weighted by Crippen LogP contribution is -1.99. The minimum Gasteiger partial charge on any atom is -0.287 e. The van der Waals surface area contributed by atoms with E-state index in [2.05, 4.69) is 59.2 Å². The predicted octanol–water partition coefficient (Wildman–Crippen LogP) is 4.10. The van der Waals surface area contributed by atoms with Gasteiger partial charge >= 0.3 is 0 Å². The summed E-state index contributed by atoms with van der Waals surface area (Å²) in [7, 11) is 1.99. The number of aryl methyl sites for hydroxylation is 3. The fraction of sp³-hybridized carbons (Fsp3) is 0.176. The van der Waals surface area contributed by atoms with Gasteiger partial charge in [-0.05, 0) is 43.0 Å². The molecule has 0 saturated heterocycles. The molecule has 0 N–H and O–H groups in total. The number of hydrogen-bond donors (Lipinski definition) is 0. The Morgan fingerprint density at radius 1 is 1.09 bits per heavy atom. The van der Waals surface area contributed by atoms with Gasteiger partial charge in [-0.1, -0.05) is 12.1 Å². The van der Waals surface area contributed by atoms with E-state index in [0.717, 1.165) is 22.6 Å². The number of imidazole rings is 1. The molecule has 3 heterocycles. The number of fused-ring (bicyclic) bond motifs is 1. The maximum atomic E-state index is 4.74. The standard InChI is InChI=1S/C17H16N4S/c1-11-10-18-20(3)16(11)13-6-4-7-14-17(13)21(12(2)19-14)15-8-5-9-22-15/h4-10H,1-3H3. The molecule has 0 fully saturated rings. The highest BCUT2D eigenvalue weighted by molar-refractivity contribution is 7.12. The Morgan fingerprint density at radius 2 is 1.95 bits per heavy atom. The molecule has 22 heavy (non-hydrogen) atoms. The Hall–Kier alpha value is -2.40. The average molecular weight is 308 g/mol. The molecular formula is C17H16N4S. The fourth-order valence-corrected chi connectivity index (χ4v) is 3.82. The number of rotatable bonds is 2. The Labute approximate surface area is 132 Å². The number of nitrogens with zero attached hydrogens (tertiary/aromatic N) is 4. The van der Waals surface area contributed by atoms with Crippen LogP contribution in [0.5, 0.6) is 0 Å². The lowest BCUT2D eigenvalue weighted by molar-refractivity contribution is 0.776. The number of hydrogen-bond acceptors (Lipinski definition) is 3. The van der Waals surface area contributed by atoms with E-state index < -0.39 is 0 Å². The van der Waals surface area contributed by atoms with Gasteiger partial charge in [-0.25, -0.2) is 4.98 Å². The van der Waals surface area contributed by atoms with E-state index in [9.17, 15) is 0 Å². The van der Waals surface area contributed by atoms with Crippen molar-refractivity contribution in [2.75, 3.05) is 0 Å². The molecule has 0 saturated carbocycles. The molecule has 4 nitrogen and oxygen atoms in total. The van der Waals surface area contributed by atoms with E-state index in [1.165, 1.54) is 16.1 Å². The Morgan fingerprint density at radius 3 is 2.64 bits per heavy atom. The molecule has 0 amide bonds. The van der Waals surface area contributed by atoms with Gasteiger partial charge in [-0.15, -0.1) is 11.3 Å². The zero-order valence-corrected chi connectivity index (χ0v) is 13.6. The van der Waals surface area contributed by atoms with E-state index in [4.69, 9.17) is 4.98 Å². The number of benzene rings is 1. The number of para-hydroxylation sites is 1. The highest BCUT2D eigenvalue weighted by Gasteiger charge is 2.17. The summed E-state index contributed by atoms with van der Waals surface area (Å²) in [5.74, 6) is 1.00. The molecule has 4 aromatic rings.